The van der Waals surface area contributed by atoms with Crippen LogP contribution in [0.1, 0.15) is 52.0 Å². The van der Waals surface area contributed by atoms with E-state index < -0.39 is 11.5 Å². The number of carbonyl (C=O) groups is 1. The summed E-state index contributed by atoms with van der Waals surface area (Å²) in [5.74, 6) is -0.480. The normalized spacial score (nSPS) is 26.5. The molecule has 1 amide bonds. The fourth-order valence-corrected chi connectivity index (χ4v) is 3.61. The summed E-state index contributed by atoms with van der Waals surface area (Å²) in [4.78, 5) is 17.9. The number of halogens is 1. The predicted molar refractivity (Wildman–Crippen MR) is 86.9 cm³/mol. The number of amides is 1. The first-order chi connectivity index (χ1) is 11.3. The molecule has 0 radical (unpaired) electrons. The van der Waals surface area contributed by atoms with Crippen LogP contribution in [-0.2, 0) is 16.1 Å². The molecule has 2 bridgehead atoms. The lowest BCUT2D eigenvalue weighted by molar-refractivity contribution is -0.0402. The van der Waals surface area contributed by atoms with Gasteiger partial charge in [-0.25, -0.2) is 9.78 Å². The van der Waals surface area contributed by atoms with Crippen LogP contribution in [0, 0.1) is 5.95 Å². The van der Waals surface area contributed by atoms with E-state index in [1.807, 2.05) is 25.7 Å². The number of aromatic nitrogens is 1. The second-order valence-corrected chi connectivity index (χ2v) is 7.63. The lowest BCUT2D eigenvalue weighted by atomic mass is 10.00. The van der Waals surface area contributed by atoms with E-state index in [0.29, 0.717) is 5.56 Å². The number of ether oxygens (including phenoxy) is 2. The van der Waals surface area contributed by atoms with Crippen molar-refractivity contribution in [3.63, 3.8) is 0 Å². The average molecular weight is 336 g/mol. The number of carbonyl (C=O) groups excluding carboxylic acids is 1. The van der Waals surface area contributed by atoms with E-state index in [-0.39, 0.29) is 30.9 Å². The highest BCUT2D eigenvalue weighted by molar-refractivity contribution is 5.69. The molecule has 0 N–H and O–H groups in total. The maximum absolute atomic E-state index is 13.6. The Morgan fingerprint density at radius 3 is 2.58 bits per heavy atom. The third-order valence-corrected chi connectivity index (χ3v) is 4.61. The number of pyridine rings is 1. The molecule has 2 fully saturated rings. The van der Waals surface area contributed by atoms with Gasteiger partial charge in [0.25, 0.3) is 0 Å². The van der Waals surface area contributed by atoms with Gasteiger partial charge in [0.1, 0.15) is 5.60 Å². The minimum Gasteiger partial charge on any atom is -0.444 e. The van der Waals surface area contributed by atoms with Gasteiger partial charge in [0.2, 0.25) is 5.95 Å². The highest BCUT2D eigenvalue weighted by Gasteiger charge is 2.45. The van der Waals surface area contributed by atoms with Crippen LogP contribution in [0.3, 0.4) is 0 Å². The van der Waals surface area contributed by atoms with Crippen molar-refractivity contribution >= 4 is 6.09 Å². The first-order valence-corrected chi connectivity index (χ1v) is 8.56. The molecule has 1 aromatic rings. The van der Waals surface area contributed by atoms with Crippen LogP contribution in [0.5, 0.6) is 0 Å². The Labute approximate surface area is 142 Å². The SMILES string of the molecule is CC(C)(C)OC(=O)N1[C@@H]2CC[C@H]1CC(OCc1cccnc1F)C2. The molecule has 6 heteroatoms. The fourth-order valence-electron chi connectivity index (χ4n) is 3.61. The van der Waals surface area contributed by atoms with Gasteiger partial charge in [-0.3, -0.25) is 0 Å². The predicted octanol–water partition coefficient (Wildman–Crippen LogP) is 3.67. The zero-order chi connectivity index (χ0) is 17.3. The van der Waals surface area contributed by atoms with Crippen molar-refractivity contribution in [1.82, 2.24) is 9.88 Å². The number of fused-ring (bicyclic) bond motifs is 2. The molecule has 2 aliphatic heterocycles. The highest BCUT2D eigenvalue weighted by Crippen LogP contribution is 2.38. The summed E-state index contributed by atoms with van der Waals surface area (Å²) in [6.45, 7) is 5.86. The van der Waals surface area contributed by atoms with Gasteiger partial charge < -0.3 is 14.4 Å². The lowest BCUT2D eigenvalue weighted by Gasteiger charge is -2.39. The van der Waals surface area contributed by atoms with E-state index in [1.165, 1.54) is 6.20 Å². The van der Waals surface area contributed by atoms with Crippen LogP contribution in [0.2, 0.25) is 0 Å². The summed E-state index contributed by atoms with van der Waals surface area (Å²) in [6.07, 6.45) is 4.75. The van der Waals surface area contributed by atoms with Crippen molar-refractivity contribution in [3.05, 3.63) is 29.8 Å². The van der Waals surface area contributed by atoms with Crippen LogP contribution in [0.4, 0.5) is 9.18 Å². The van der Waals surface area contributed by atoms with Crippen molar-refractivity contribution in [3.8, 4) is 0 Å². The number of hydrogen-bond donors (Lipinski definition) is 0. The van der Waals surface area contributed by atoms with E-state index in [4.69, 9.17) is 9.47 Å². The van der Waals surface area contributed by atoms with Crippen molar-refractivity contribution < 1.29 is 18.7 Å². The Kier molecular flexibility index (Phi) is 4.76. The number of nitrogens with zero attached hydrogens (tertiary/aromatic N) is 2. The molecule has 1 aromatic heterocycles. The van der Waals surface area contributed by atoms with Gasteiger partial charge in [-0.05, 0) is 52.5 Å². The summed E-state index contributed by atoms with van der Waals surface area (Å²) in [7, 11) is 0. The van der Waals surface area contributed by atoms with E-state index in [1.54, 1.807) is 12.1 Å². The molecular formula is C18H25FN2O3. The molecule has 24 heavy (non-hydrogen) atoms. The Morgan fingerprint density at radius 2 is 2.00 bits per heavy atom. The molecule has 2 saturated heterocycles. The summed E-state index contributed by atoms with van der Waals surface area (Å²) < 4.78 is 25.0. The van der Waals surface area contributed by atoms with Gasteiger partial charge in [-0.15, -0.1) is 0 Å². The molecule has 0 saturated carbocycles. The second kappa shape index (κ2) is 6.67. The van der Waals surface area contributed by atoms with Crippen LogP contribution in [-0.4, -0.2) is 39.8 Å². The maximum Gasteiger partial charge on any atom is 0.410 e. The molecule has 2 aliphatic rings. The van der Waals surface area contributed by atoms with Gasteiger partial charge in [-0.2, -0.15) is 4.39 Å². The molecule has 1 unspecified atom stereocenters. The van der Waals surface area contributed by atoms with Crippen LogP contribution in [0.15, 0.2) is 18.3 Å². The Balaban J connectivity index is 1.57. The highest BCUT2D eigenvalue weighted by atomic mass is 19.1. The first-order valence-electron chi connectivity index (χ1n) is 8.56. The molecule has 0 spiro atoms. The molecule has 3 rings (SSSR count). The Hall–Kier alpha value is -1.69. The minimum absolute atomic E-state index is 0.0424. The Morgan fingerprint density at radius 1 is 1.33 bits per heavy atom. The maximum atomic E-state index is 13.6. The second-order valence-electron chi connectivity index (χ2n) is 7.63. The van der Waals surface area contributed by atoms with Gasteiger partial charge in [0, 0.05) is 23.8 Å². The summed E-state index contributed by atoms with van der Waals surface area (Å²) in [6, 6.07) is 3.70. The lowest BCUT2D eigenvalue weighted by Crippen LogP contribution is -2.50. The van der Waals surface area contributed by atoms with E-state index in [2.05, 4.69) is 4.98 Å². The van der Waals surface area contributed by atoms with Gasteiger partial charge in [0.05, 0.1) is 12.7 Å². The quantitative estimate of drug-likeness (QED) is 0.790. The standard InChI is InChI=1S/C18H25FN2O3/c1-18(2,3)24-17(22)21-13-6-7-14(21)10-15(9-13)23-11-12-5-4-8-20-16(12)19/h4-5,8,13-15H,6-7,9-11H2,1-3H3/t13-,14+,15?. The largest absolute Gasteiger partial charge is 0.444 e. The fraction of sp³-hybridized carbons (Fsp3) is 0.667. The molecule has 3 atom stereocenters. The third kappa shape index (κ3) is 3.86. The first kappa shape index (κ1) is 17.1. The van der Waals surface area contributed by atoms with Crippen molar-refractivity contribution in [1.29, 1.82) is 0 Å². The summed E-state index contributed by atoms with van der Waals surface area (Å²) in [5.41, 5.74) is -0.0127. The zero-order valence-electron chi connectivity index (χ0n) is 14.5. The summed E-state index contributed by atoms with van der Waals surface area (Å²) in [5, 5.41) is 0. The van der Waals surface area contributed by atoms with Crippen molar-refractivity contribution in [2.45, 2.75) is 76.9 Å². The molecule has 0 aliphatic carbocycles. The molecule has 0 aromatic carbocycles. The monoisotopic (exact) mass is 336 g/mol. The third-order valence-electron chi connectivity index (χ3n) is 4.61. The van der Waals surface area contributed by atoms with Crippen LogP contribution >= 0.6 is 0 Å². The van der Waals surface area contributed by atoms with Gasteiger partial charge >= 0.3 is 6.09 Å². The van der Waals surface area contributed by atoms with Crippen LogP contribution in [0.25, 0.3) is 0 Å². The van der Waals surface area contributed by atoms with E-state index in [9.17, 15) is 9.18 Å². The molecule has 3 heterocycles. The topological polar surface area (TPSA) is 51.7 Å². The van der Waals surface area contributed by atoms with Crippen molar-refractivity contribution in [2.24, 2.45) is 0 Å². The molecule has 132 valence electrons. The molecular weight excluding hydrogens is 311 g/mol. The van der Waals surface area contributed by atoms with Gasteiger partial charge in [0.15, 0.2) is 0 Å². The average Bonchev–Trinajstić information content (AvgIpc) is 2.76. The number of piperidine rings is 1. The van der Waals surface area contributed by atoms with Crippen molar-refractivity contribution in [2.75, 3.05) is 0 Å². The Bertz CT molecular complexity index is 588. The molecule has 5 nitrogen and oxygen atoms in total. The number of rotatable bonds is 3. The van der Waals surface area contributed by atoms with Gasteiger partial charge in [-0.1, -0.05) is 6.07 Å². The summed E-state index contributed by atoms with van der Waals surface area (Å²) >= 11 is 0. The van der Waals surface area contributed by atoms with Crippen LogP contribution < -0.4 is 0 Å². The van der Waals surface area contributed by atoms with E-state index >= 15 is 0 Å². The minimum atomic E-state index is -0.484. The number of hydrogen-bond acceptors (Lipinski definition) is 4. The smallest absolute Gasteiger partial charge is 0.410 e. The zero-order valence-corrected chi connectivity index (χ0v) is 14.5. The van der Waals surface area contributed by atoms with E-state index in [0.717, 1.165) is 25.7 Å².